The zero-order valence-corrected chi connectivity index (χ0v) is 20.9. The summed E-state index contributed by atoms with van der Waals surface area (Å²) in [7, 11) is 1.72. The van der Waals surface area contributed by atoms with Gasteiger partial charge in [0.05, 0.1) is 18.8 Å². The number of halogens is 1. The molecule has 0 spiro atoms. The Labute approximate surface area is 193 Å². The van der Waals surface area contributed by atoms with Crippen molar-refractivity contribution in [3.63, 3.8) is 0 Å². The first kappa shape index (κ1) is 26.0. The number of hydrogen-bond donors (Lipinski definition) is 2. The number of methoxy groups -OCH3 is 1. The number of guanidine groups is 1. The van der Waals surface area contributed by atoms with Gasteiger partial charge in [-0.05, 0) is 58.2 Å². The highest BCUT2D eigenvalue weighted by molar-refractivity contribution is 14.0. The third-order valence-electron chi connectivity index (χ3n) is 5.34. The third-order valence-corrected chi connectivity index (χ3v) is 5.34. The Morgan fingerprint density at radius 3 is 2.34 bits per heavy atom. The number of nitrogens with one attached hydrogen (secondary N) is 2. The van der Waals surface area contributed by atoms with E-state index in [9.17, 15) is 0 Å². The van der Waals surface area contributed by atoms with Crippen molar-refractivity contribution in [2.24, 2.45) is 4.99 Å². The summed E-state index contributed by atoms with van der Waals surface area (Å²) in [6.45, 7) is 12.6. The molecule has 1 fully saturated rings. The molecule has 0 radical (unpaired) electrons. The minimum absolute atomic E-state index is 0. The second-order valence-electron chi connectivity index (χ2n) is 7.86. The summed E-state index contributed by atoms with van der Waals surface area (Å²) in [5, 5.41) is 6.91. The number of ether oxygens (including phenoxy) is 3. The van der Waals surface area contributed by atoms with Crippen LogP contribution in [0.15, 0.2) is 29.3 Å². The van der Waals surface area contributed by atoms with E-state index in [0.29, 0.717) is 13.2 Å². The van der Waals surface area contributed by atoms with Gasteiger partial charge in [0.1, 0.15) is 5.75 Å². The molecule has 166 valence electrons. The standard InChI is InChI=1S/C22H37N3O3.HI/c1-6-23-20(24-16-21(3,4)26-5)25-17-22(12-14-27-15-13-22)18-8-10-19(11-9-18)28-7-2;/h8-11H,6-7,12-17H2,1-5H3,(H2,23,24,25);1H. The van der Waals surface area contributed by atoms with Crippen LogP contribution in [-0.2, 0) is 14.9 Å². The molecule has 0 amide bonds. The molecule has 2 rings (SSSR count). The van der Waals surface area contributed by atoms with E-state index in [1.807, 2.05) is 20.8 Å². The summed E-state index contributed by atoms with van der Waals surface area (Å²) in [6.07, 6.45) is 1.97. The van der Waals surface area contributed by atoms with Crippen LogP contribution >= 0.6 is 24.0 Å². The molecule has 7 heteroatoms. The number of nitrogens with zero attached hydrogens (tertiary/aromatic N) is 1. The molecular formula is C22H38IN3O3. The lowest BCUT2D eigenvalue weighted by atomic mass is 9.74. The molecular weight excluding hydrogens is 481 g/mol. The van der Waals surface area contributed by atoms with Crippen molar-refractivity contribution in [3.8, 4) is 5.75 Å². The predicted octanol–water partition coefficient (Wildman–Crippen LogP) is 3.73. The largest absolute Gasteiger partial charge is 0.494 e. The molecule has 1 aliphatic heterocycles. The highest BCUT2D eigenvalue weighted by atomic mass is 127. The van der Waals surface area contributed by atoms with Gasteiger partial charge < -0.3 is 24.8 Å². The first-order valence-corrected chi connectivity index (χ1v) is 10.3. The number of rotatable bonds is 9. The van der Waals surface area contributed by atoms with Gasteiger partial charge in [-0.1, -0.05) is 12.1 Å². The number of hydrogen-bond acceptors (Lipinski definition) is 4. The lowest BCUT2D eigenvalue weighted by molar-refractivity contribution is 0.0310. The number of aliphatic imine (C=N–C) groups is 1. The molecule has 0 unspecified atom stereocenters. The SMILES string of the molecule is CCNC(=NCC(C)(C)OC)NCC1(c2ccc(OCC)cc2)CCOCC1.I. The monoisotopic (exact) mass is 519 g/mol. The van der Waals surface area contributed by atoms with Gasteiger partial charge in [0, 0.05) is 38.8 Å². The van der Waals surface area contributed by atoms with Crippen molar-refractivity contribution in [2.45, 2.75) is 51.6 Å². The Morgan fingerprint density at radius 1 is 1.14 bits per heavy atom. The zero-order valence-electron chi connectivity index (χ0n) is 18.5. The Hall–Kier alpha value is -1.06. The summed E-state index contributed by atoms with van der Waals surface area (Å²) in [6, 6.07) is 8.51. The highest BCUT2D eigenvalue weighted by Crippen LogP contribution is 2.35. The summed E-state index contributed by atoms with van der Waals surface area (Å²) in [4.78, 5) is 4.72. The average Bonchev–Trinajstić information content (AvgIpc) is 2.71. The highest BCUT2D eigenvalue weighted by Gasteiger charge is 2.34. The summed E-state index contributed by atoms with van der Waals surface area (Å²) >= 11 is 0. The van der Waals surface area contributed by atoms with Crippen LogP contribution in [-0.4, -0.2) is 58.1 Å². The van der Waals surface area contributed by atoms with Crippen molar-refractivity contribution >= 4 is 29.9 Å². The van der Waals surface area contributed by atoms with Crippen LogP contribution in [0.4, 0.5) is 0 Å². The van der Waals surface area contributed by atoms with Crippen LogP contribution < -0.4 is 15.4 Å². The van der Waals surface area contributed by atoms with Gasteiger partial charge in [-0.3, -0.25) is 4.99 Å². The molecule has 1 aromatic rings. The Morgan fingerprint density at radius 2 is 1.79 bits per heavy atom. The van der Waals surface area contributed by atoms with Gasteiger partial charge in [0.15, 0.2) is 5.96 Å². The molecule has 29 heavy (non-hydrogen) atoms. The first-order chi connectivity index (χ1) is 13.4. The van der Waals surface area contributed by atoms with Gasteiger partial charge >= 0.3 is 0 Å². The van der Waals surface area contributed by atoms with Gasteiger partial charge in [-0.2, -0.15) is 0 Å². The number of benzene rings is 1. The maximum Gasteiger partial charge on any atom is 0.191 e. The predicted molar refractivity (Wildman–Crippen MR) is 130 cm³/mol. The van der Waals surface area contributed by atoms with E-state index in [0.717, 1.165) is 50.9 Å². The lowest BCUT2D eigenvalue weighted by Gasteiger charge is -2.38. The fraction of sp³-hybridized carbons (Fsp3) is 0.682. The summed E-state index contributed by atoms with van der Waals surface area (Å²) in [5.74, 6) is 1.74. The molecule has 6 nitrogen and oxygen atoms in total. The maximum absolute atomic E-state index is 5.65. The maximum atomic E-state index is 5.65. The van der Waals surface area contributed by atoms with Crippen molar-refractivity contribution in [2.75, 3.05) is 46.6 Å². The Kier molecular flexibility index (Phi) is 11.3. The molecule has 0 aromatic heterocycles. The van der Waals surface area contributed by atoms with Crippen molar-refractivity contribution < 1.29 is 14.2 Å². The van der Waals surface area contributed by atoms with Gasteiger partial charge in [0.2, 0.25) is 0 Å². The van der Waals surface area contributed by atoms with Crippen LogP contribution in [0.25, 0.3) is 0 Å². The molecule has 1 saturated heterocycles. The molecule has 1 heterocycles. The molecule has 2 N–H and O–H groups in total. The first-order valence-electron chi connectivity index (χ1n) is 10.3. The summed E-state index contributed by atoms with van der Waals surface area (Å²) in [5.41, 5.74) is 1.06. The Bertz CT molecular complexity index is 614. The second-order valence-corrected chi connectivity index (χ2v) is 7.86. The van der Waals surface area contributed by atoms with Crippen molar-refractivity contribution in [3.05, 3.63) is 29.8 Å². The normalized spacial score (nSPS) is 16.7. The van der Waals surface area contributed by atoms with E-state index in [2.05, 4.69) is 41.8 Å². The molecule has 1 aromatic carbocycles. The average molecular weight is 519 g/mol. The van der Waals surface area contributed by atoms with E-state index in [1.165, 1.54) is 5.56 Å². The smallest absolute Gasteiger partial charge is 0.191 e. The van der Waals surface area contributed by atoms with Crippen LogP contribution in [0.3, 0.4) is 0 Å². The van der Waals surface area contributed by atoms with Crippen LogP contribution in [0.5, 0.6) is 5.75 Å². The Balaban J connectivity index is 0.00000420. The molecule has 0 saturated carbocycles. The van der Waals surface area contributed by atoms with Gasteiger partial charge in [0.25, 0.3) is 0 Å². The fourth-order valence-corrected chi connectivity index (χ4v) is 3.33. The van der Waals surface area contributed by atoms with Crippen LogP contribution in [0.1, 0.15) is 46.1 Å². The minimum Gasteiger partial charge on any atom is -0.494 e. The minimum atomic E-state index is -0.284. The van der Waals surface area contributed by atoms with E-state index in [-0.39, 0.29) is 35.0 Å². The van der Waals surface area contributed by atoms with E-state index in [4.69, 9.17) is 19.2 Å². The van der Waals surface area contributed by atoms with Crippen molar-refractivity contribution in [1.29, 1.82) is 0 Å². The quantitative estimate of drug-likeness (QED) is 0.296. The van der Waals surface area contributed by atoms with Crippen molar-refractivity contribution in [1.82, 2.24) is 10.6 Å². The molecule has 0 aliphatic carbocycles. The fourth-order valence-electron chi connectivity index (χ4n) is 3.33. The van der Waals surface area contributed by atoms with Crippen LogP contribution in [0.2, 0.25) is 0 Å². The van der Waals surface area contributed by atoms with Crippen LogP contribution in [0, 0.1) is 0 Å². The topological polar surface area (TPSA) is 64.1 Å². The second kappa shape index (κ2) is 12.6. The van der Waals surface area contributed by atoms with E-state index < -0.39 is 0 Å². The molecule has 0 atom stereocenters. The van der Waals surface area contributed by atoms with Gasteiger partial charge in [-0.25, -0.2) is 0 Å². The van der Waals surface area contributed by atoms with E-state index >= 15 is 0 Å². The summed E-state index contributed by atoms with van der Waals surface area (Å²) < 4.78 is 16.7. The third kappa shape index (κ3) is 7.94. The van der Waals surface area contributed by atoms with Gasteiger partial charge in [-0.15, -0.1) is 24.0 Å². The zero-order chi connectivity index (χ0) is 20.5. The molecule has 0 bridgehead atoms. The molecule has 1 aliphatic rings. The lowest BCUT2D eigenvalue weighted by Crippen LogP contribution is -2.48. The van der Waals surface area contributed by atoms with E-state index in [1.54, 1.807) is 7.11 Å².